The predicted molar refractivity (Wildman–Crippen MR) is 176 cm³/mol. The second-order valence-electron chi connectivity index (χ2n) is 11.4. The molecular weight excluding hydrogens is 559 g/mol. The first kappa shape index (κ1) is 27.3. The lowest BCUT2D eigenvalue weighted by Gasteiger charge is -2.43. The fourth-order valence-electron chi connectivity index (χ4n) is 6.97. The summed E-state index contributed by atoms with van der Waals surface area (Å²) in [6, 6.07) is 34.4. The third kappa shape index (κ3) is 4.93. The molecule has 0 aliphatic carbocycles. The summed E-state index contributed by atoms with van der Waals surface area (Å²) < 4.78 is 0. The van der Waals surface area contributed by atoms with Gasteiger partial charge in [0.15, 0.2) is 0 Å². The molecule has 1 aliphatic rings. The van der Waals surface area contributed by atoms with Crippen molar-refractivity contribution < 1.29 is 0 Å². The van der Waals surface area contributed by atoms with Crippen LogP contribution in [0.15, 0.2) is 97.1 Å². The zero-order valence-corrected chi connectivity index (χ0v) is 25.4. The van der Waals surface area contributed by atoms with Crippen LogP contribution in [0.2, 0.25) is 10.0 Å². The van der Waals surface area contributed by atoms with Crippen molar-refractivity contribution in [1.29, 1.82) is 0 Å². The summed E-state index contributed by atoms with van der Waals surface area (Å²) in [6.07, 6.45) is 0. The minimum absolute atomic E-state index is 0.129. The normalized spacial score (nSPS) is 16.3. The molecule has 2 atom stereocenters. The summed E-state index contributed by atoms with van der Waals surface area (Å²) >= 11 is 12.7. The number of fused-ring (bicyclic) bond motifs is 2. The Morgan fingerprint density at radius 1 is 0.524 bits per heavy atom. The van der Waals surface area contributed by atoms with Crippen LogP contribution in [0.1, 0.15) is 45.7 Å². The molecule has 42 heavy (non-hydrogen) atoms. The summed E-state index contributed by atoms with van der Waals surface area (Å²) in [7, 11) is 0. The maximum atomic E-state index is 6.34. The van der Waals surface area contributed by atoms with Gasteiger partial charge in [0.25, 0.3) is 0 Å². The predicted octanol–water partition coefficient (Wildman–Crippen LogP) is 9.07. The number of piperazine rings is 1. The molecular formula is C36H34Cl2N4. The summed E-state index contributed by atoms with van der Waals surface area (Å²) in [5.74, 6) is 0. The maximum absolute atomic E-state index is 6.34. The van der Waals surface area contributed by atoms with Gasteiger partial charge in [-0.1, -0.05) is 83.9 Å². The third-order valence-electron chi connectivity index (χ3n) is 8.88. The SMILES string of the molecule is Cc1[nH]c2ccccc2c1[C@@H](c1ccc(Cl)cc1)N1CCN([C@H](c2ccc(Cl)cc2)c2c(C)[nH]c3ccccc23)CC1. The van der Waals surface area contributed by atoms with E-state index in [-0.39, 0.29) is 12.1 Å². The molecule has 7 rings (SSSR count). The van der Waals surface area contributed by atoms with Crippen LogP contribution in [0.3, 0.4) is 0 Å². The molecule has 0 unspecified atom stereocenters. The topological polar surface area (TPSA) is 38.1 Å². The lowest BCUT2D eigenvalue weighted by molar-refractivity contribution is 0.0902. The van der Waals surface area contributed by atoms with E-state index in [0.717, 1.165) is 36.2 Å². The van der Waals surface area contributed by atoms with E-state index in [1.807, 2.05) is 24.3 Å². The number of benzene rings is 4. The van der Waals surface area contributed by atoms with Crippen molar-refractivity contribution in [3.05, 3.63) is 141 Å². The van der Waals surface area contributed by atoms with Crippen molar-refractivity contribution in [2.24, 2.45) is 0 Å². The number of aryl methyl sites for hydroxylation is 2. The zero-order valence-electron chi connectivity index (χ0n) is 23.9. The van der Waals surface area contributed by atoms with E-state index in [1.54, 1.807) is 0 Å². The molecule has 2 N–H and O–H groups in total. The third-order valence-corrected chi connectivity index (χ3v) is 9.39. The van der Waals surface area contributed by atoms with Crippen LogP contribution >= 0.6 is 23.2 Å². The van der Waals surface area contributed by atoms with Gasteiger partial charge in [0.2, 0.25) is 0 Å². The van der Waals surface area contributed by atoms with Gasteiger partial charge in [0.1, 0.15) is 0 Å². The highest BCUT2D eigenvalue weighted by atomic mass is 35.5. The van der Waals surface area contributed by atoms with E-state index >= 15 is 0 Å². The zero-order chi connectivity index (χ0) is 28.8. The highest BCUT2D eigenvalue weighted by Crippen LogP contribution is 2.40. The Balaban J connectivity index is 1.26. The van der Waals surface area contributed by atoms with Crippen molar-refractivity contribution in [1.82, 2.24) is 19.8 Å². The molecule has 1 saturated heterocycles. The molecule has 2 aromatic heterocycles. The largest absolute Gasteiger partial charge is 0.358 e. The Morgan fingerprint density at radius 3 is 1.26 bits per heavy atom. The van der Waals surface area contributed by atoms with Gasteiger partial charge in [-0.25, -0.2) is 0 Å². The lowest BCUT2D eigenvalue weighted by atomic mass is 9.92. The second kappa shape index (κ2) is 11.3. The van der Waals surface area contributed by atoms with Crippen molar-refractivity contribution in [3.8, 4) is 0 Å². The number of aromatic nitrogens is 2. The number of aromatic amines is 2. The van der Waals surface area contributed by atoms with Crippen LogP contribution in [0.5, 0.6) is 0 Å². The Bertz CT molecular complexity index is 1710. The molecule has 0 amide bonds. The molecule has 0 radical (unpaired) electrons. The van der Waals surface area contributed by atoms with Crippen LogP contribution < -0.4 is 0 Å². The molecule has 0 bridgehead atoms. The molecule has 1 aliphatic heterocycles. The quantitative estimate of drug-likeness (QED) is 0.202. The average molecular weight is 594 g/mol. The van der Waals surface area contributed by atoms with Crippen LogP contribution in [0, 0.1) is 13.8 Å². The van der Waals surface area contributed by atoms with Crippen molar-refractivity contribution in [2.45, 2.75) is 25.9 Å². The monoisotopic (exact) mass is 592 g/mol. The molecule has 4 aromatic carbocycles. The number of hydrogen-bond donors (Lipinski definition) is 2. The van der Waals surface area contributed by atoms with Gasteiger partial charge in [-0.15, -0.1) is 0 Å². The Labute approximate surface area is 256 Å². The first-order valence-corrected chi connectivity index (χ1v) is 15.4. The highest BCUT2D eigenvalue weighted by Gasteiger charge is 2.34. The number of rotatable bonds is 6. The Morgan fingerprint density at radius 2 is 0.881 bits per heavy atom. The van der Waals surface area contributed by atoms with Gasteiger partial charge < -0.3 is 9.97 Å². The van der Waals surface area contributed by atoms with Crippen molar-refractivity contribution in [3.63, 3.8) is 0 Å². The molecule has 6 heteroatoms. The smallest absolute Gasteiger partial charge is 0.0626 e. The first-order chi connectivity index (χ1) is 20.5. The van der Waals surface area contributed by atoms with Gasteiger partial charge in [-0.2, -0.15) is 0 Å². The fourth-order valence-corrected chi connectivity index (χ4v) is 7.22. The number of halogens is 2. The molecule has 1 fully saturated rings. The van der Waals surface area contributed by atoms with E-state index in [2.05, 4.69) is 106 Å². The molecule has 3 heterocycles. The summed E-state index contributed by atoms with van der Waals surface area (Å²) in [5.41, 5.74) is 10.0. The summed E-state index contributed by atoms with van der Waals surface area (Å²) in [5, 5.41) is 4.09. The van der Waals surface area contributed by atoms with Crippen LogP contribution in [-0.4, -0.2) is 45.9 Å². The Kier molecular flexibility index (Phi) is 7.33. The van der Waals surface area contributed by atoms with Crippen LogP contribution in [0.4, 0.5) is 0 Å². The number of nitrogens with zero attached hydrogens (tertiary/aromatic N) is 2. The molecule has 212 valence electrons. The standard InChI is InChI=1S/C36H34Cl2N4/c1-23-33(29-7-3-5-9-31(29)39-23)35(25-11-15-27(37)16-12-25)41-19-21-42(22-20-41)36(26-13-17-28(38)18-14-26)34-24(2)40-32-10-6-4-8-30(32)34/h3-18,35-36,39-40H,19-22H2,1-2H3/t35-,36-/m1/s1. The van der Waals surface area contributed by atoms with Crippen LogP contribution in [0.25, 0.3) is 21.8 Å². The van der Waals surface area contributed by atoms with Gasteiger partial charge >= 0.3 is 0 Å². The number of hydrogen-bond acceptors (Lipinski definition) is 2. The summed E-state index contributed by atoms with van der Waals surface area (Å²) in [4.78, 5) is 12.6. The summed E-state index contributed by atoms with van der Waals surface area (Å²) in [6.45, 7) is 8.17. The van der Waals surface area contributed by atoms with E-state index < -0.39 is 0 Å². The highest BCUT2D eigenvalue weighted by molar-refractivity contribution is 6.30. The van der Waals surface area contributed by atoms with E-state index in [0.29, 0.717) is 0 Å². The number of H-pyrrole nitrogens is 2. The maximum Gasteiger partial charge on any atom is 0.0626 e. The minimum atomic E-state index is 0.129. The fraction of sp³-hybridized carbons (Fsp3) is 0.222. The second-order valence-corrected chi connectivity index (χ2v) is 12.3. The van der Waals surface area contributed by atoms with Gasteiger partial charge in [0.05, 0.1) is 12.1 Å². The van der Waals surface area contributed by atoms with E-state index in [9.17, 15) is 0 Å². The average Bonchev–Trinajstić information content (AvgIpc) is 3.51. The van der Waals surface area contributed by atoms with Crippen molar-refractivity contribution >= 4 is 45.0 Å². The number of para-hydroxylation sites is 2. The van der Waals surface area contributed by atoms with Gasteiger partial charge in [-0.3, -0.25) is 9.80 Å². The van der Waals surface area contributed by atoms with E-state index in [4.69, 9.17) is 23.2 Å². The van der Waals surface area contributed by atoms with Gasteiger partial charge in [-0.05, 0) is 61.4 Å². The minimum Gasteiger partial charge on any atom is -0.358 e. The number of nitrogens with one attached hydrogen (secondary N) is 2. The van der Waals surface area contributed by atoms with Gasteiger partial charge in [0, 0.05) is 80.5 Å². The first-order valence-electron chi connectivity index (χ1n) is 14.6. The van der Waals surface area contributed by atoms with Crippen molar-refractivity contribution in [2.75, 3.05) is 26.2 Å². The lowest BCUT2D eigenvalue weighted by Crippen LogP contribution is -2.49. The molecule has 4 nitrogen and oxygen atoms in total. The Hall–Kier alpha value is -3.54. The molecule has 0 saturated carbocycles. The van der Waals surface area contributed by atoms with E-state index in [1.165, 1.54) is 55.4 Å². The molecule has 6 aromatic rings. The van der Waals surface area contributed by atoms with Crippen LogP contribution in [-0.2, 0) is 0 Å². The molecule has 0 spiro atoms.